The molecule has 0 bridgehead atoms. The number of fused-ring (bicyclic) bond motifs is 2. The number of Topliss-reactive ketones (excluding diaryl/α,β-unsaturated/α-hetero) is 1. The summed E-state index contributed by atoms with van der Waals surface area (Å²) in [6.07, 6.45) is 4.02. The number of hydrogen-bond donors (Lipinski definition) is 3. The van der Waals surface area contributed by atoms with Gasteiger partial charge in [0.1, 0.15) is 11.5 Å². The van der Waals surface area contributed by atoms with Gasteiger partial charge in [-0.1, -0.05) is 0 Å². The fraction of sp³-hybridized carbons (Fsp3) is 0.323. The lowest BCUT2D eigenvalue weighted by molar-refractivity contribution is 0.101. The molecule has 2 aromatic heterocycles. The zero-order chi connectivity index (χ0) is 29.5. The number of methoxy groups -OCH3 is 1. The monoisotopic (exact) mass is 572 g/mol. The number of amides is 2. The van der Waals surface area contributed by atoms with E-state index in [1.807, 2.05) is 20.9 Å². The van der Waals surface area contributed by atoms with Crippen molar-refractivity contribution in [3.8, 4) is 22.8 Å². The van der Waals surface area contributed by atoms with Crippen LogP contribution in [0.2, 0.25) is 0 Å². The van der Waals surface area contributed by atoms with E-state index < -0.39 is 5.82 Å². The van der Waals surface area contributed by atoms with E-state index >= 15 is 4.39 Å². The molecule has 42 heavy (non-hydrogen) atoms. The minimum Gasteiger partial charge on any atom is -0.497 e. The van der Waals surface area contributed by atoms with E-state index in [4.69, 9.17) is 9.47 Å². The average molecular weight is 573 g/mol. The standard InChI is InChI=1S/C31H33FN6O4/c1-17-27(18(2)37(3)36-17)29-22(21-14-20(41-4)15-24(32)28(21)35-29)16-26-30(39)23-13-19(7-8-25(23)42-26)34-31(40)33-9-12-38-10-5-6-11-38/h7-8,13-16,35H,5-6,9-12H2,1-4H3,(H2,33,34,40)/b26-16-. The number of carbonyl (C=O) groups excluding carboxylic acids is 2. The van der Waals surface area contributed by atoms with Crippen LogP contribution in [-0.2, 0) is 7.05 Å². The Bertz CT molecular complexity index is 1750. The second-order valence-electron chi connectivity index (χ2n) is 10.7. The molecule has 2 aliphatic heterocycles. The lowest BCUT2D eigenvalue weighted by Crippen LogP contribution is -2.35. The van der Waals surface area contributed by atoms with Gasteiger partial charge in [-0.05, 0) is 70.1 Å². The van der Waals surface area contributed by atoms with Crippen molar-refractivity contribution in [1.82, 2.24) is 25.0 Å². The summed E-state index contributed by atoms with van der Waals surface area (Å²) < 4.78 is 28.2. The van der Waals surface area contributed by atoms with Crippen molar-refractivity contribution in [2.24, 2.45) is 7.05 Å². The summed E-state index contributed by atoms with van der Waals surface area (Å²) in [7, 11) is 3.32. The van der Waals surface area contributed by atoms with Gasteiger partial charge in [-0.25, -0.2) is 9.18 Å². The van der Waals surface area contributed by atoms with E-state index in [0.29, 0.717) is 45.9 Å². The number of likely N-dealkylation sites (tertiary alicyclic amines) is 1. The molecule has 4 aromatic rings. The van der Waals surface area contributed by atoms with Gasteiger partial charge in [0.2, 0.25) is 5.78 Å². The predicted molar refractivity (Wildman–Crippen MR) is 159 cm³/mol. The van der Waals surface area contributed by atoms with Crippen LogP contribution in [0.15, 0.2) is 36.1 Å². The lowest BCUT2D eigenvalue weighted by Gasteiger charge is -2.15. The van der Waals surface area contributed by atoms with Crippen LogP contribution in [-0.4, -0.2) is 64.8 Å². The fourth-order valence-electron chi connectivity index (χ4n) is 5.76. The molecule has 11 heteroatoms. The van der Waals surface area contributed by atoms with Gasteiger partial charge < -0.3 is 30.0 Å². The third-order valence-corrected chi connectivity index (χ3v) is 7.98. The van der Waals surface area contributed by atoms with Gasteiger partial charge in [-0.15, -0.1) is 0 Å². The number of benzene rings is 2. The molecule has 0 atom stereocenters. The molecule has 4 heterocycles. The number of nitrogens with one attached hydrogen (secondary N) is 3. The van der Waals surface area contributed by atoms with Gasteiger partial charge in [0.15, 0.2) is 11.6 Å². The van der Waals surface area contributed by atoms with E-state index in [-0.39, 0.29) is 23.1 Å². The van der Waals surface area contributed by atoms with Crippen molar-refractivity contribution in [2.45, 2.75) is 26.7 Å². The maximum Gasteiger partial charge on any atom is 0.319 e. The second-order valence-corrected chi connectivity index (χ2v) is 10.7. The number of rotatable bonds is 7. The number of H-pyrrole nitrogens is 1. The van der Waals surface area contributed by atoms with Crippen LogP contribution < -0.4 is 20.1 Å². The highest BCUT2D eigenvalue weighted by Gasteiger charge is 2.30. The van der Waals surface area contributed by atoms with Gasteiger partial charge in [-0.2, -0.15) is 5.10 Å². The number of carbonyl (C=O) groups is 2. The number of aromatic nitrogens is 3. The smallest absolute Gasteiger partial charge is 0.319 e. The Morgan fingerprint density at radius 1 is 1.21 bits per heavy atom. The van der Waals surface area contributed by atoms with Crippen LogP contribution >= 0.6 is 0 Å². The highest BCUT2D eigenvalue weighted by atomic mass is 19.1. The third-order valence-electron chi connectivity index (χ3n) is 7.98. The van der Waals surface area contributed by atoms with E-state index in [9.17, 15) is 9.59 Å². The molecule has 0 unspecified atom stereocenters. The summed E-state index contributed by atoms with van der Waals surface area (Å²) in [6.45, 7) is 7.29. The van der Waals surface area contributed by atoms with E-state index in [1.165, 1.54) is 26.0 Å². The van der Waals surface area contributed by atoms with Crippen molar-refractivity contribution in [1.29, 1.82) is 0 Å². The van der Waals surface area contributed by atoms with Crippen molar-refractivity contribution in [3.05, 3.63) is 64.4 Å². The molecule has 0 radical (unpaired) electrons. The SMILES string of the molecule is COc1cc(F)c2[nH]c(-c3c(C)nn(C)c3C)c(/C=C3\Oc4ccc(NC(=O)NCCN5CCCC5)cc4C3=O)c2c1. The zero-order valence-electron chi connectivity index (χ0n) is 24.1. The van der Waals surface area contributed by atoms with Crippen LogP contribution in [0, 0.1) is 19.7 Å². The molecule has 3 N–H and O–H groups in total. The third kappa shape index (κ3) is 5.00. The Kier molecular flexibility index (Phi) is 7.19. The van der Waals surface area contributed by atoms with E-state index in [2.05, 4.69) is 25.6 Å². The van der Waals surface area contributed by atoms with Crippen molar-refractivity contribution in [3.63, 3.8) is 0 Å². The molecule has 2 aliphatic rings. The second kappa shape index (κ2) is 11.0. The number of halogens is 1. The van der Waals surface area contributed by atoms with Gasteiger partial charge in [-0.3, -0.25) is 9.48 Å². The lowest BCUT2D eigenvalue weighted by atomic mass is 10.0. The van der Waals surface area contributed by atoms with Gasteiger partial charge in [0.25, 0.3) is 0 Å². The Hall–Kier alpha value is -4.64. The summed E-state index contributed by atoms with van der Waals surface area (Å²) in [4.78, 5) is 31.5. The molecule has 1 saturated heterocycles. The molecule has 2 aromatic carbocycles. The van der Waals surface area contributed by atoms with Crippen molar-refractivity contribution >= 4 is 34.5 Å². The van der Waals surface area contributed by atoms with E-state index in [0.717, 1.165) is 36.6 Å². The minimum atomic E-state index is -0.481. The summed E-state index contributed by atoms with van der Waals surface area (Å²) in [5.41, 5.74) is 4.73. The Labute approximate surface area is 242 Å². The van der Waals surface area contributed by atoms with Crippen LogP contribution in [0.1, 0.15) is 40.2 Å². The first-order chi connectivity index (χ1) is 20.2. The fourth-order valence-corrected chi connectivity index (χ4v) is 5.76. The van der Waals surface area contributed by atoms with Gasteiger partial charge in [0, 0.05) is 54.1 Å². The number of ketones is 1. The largest absolute Gasteiger partial charge is 0.497 e. The van der Waals surface area contributed by atoms with Crippen molar-refractivity contribution in [2.75, 3.05) is 38.6 Å². The van der Waals surface area contributed by atoms with Gasteiger partial charge >= 0.3 is 6.03 Å². The van der Waals surface area contributed by atoms with Crippen LogP contribution in [0.3, 0.4) is 0 Å². The molecular formula is C31H33FN6O4. The Morgan fingerprint density at radius 2 is 2.00 bits per heavy atom. The average Bonchev–Trinajstić information content (AvgIpc) is 3.72. The number of urea groups is 1. The number of hydrogen-bond acceptors (Lipinski definition) is 6. The molecular weight excluding hydrogens is 539 g/mol. The summed E-state index contributed by atoms with van der Waals surface area (Å²) in [5.74, 6) is -0.00894. The highest BCUT2D eigenvalue weighted by molar-refractivity contribution is 6.16. The summed E-state index contributed by atoms with van der Waals surface area (Å²) in [5, 5.41) is 10.7. The summed E-state index contributed by atoms with van der Waals surface area (Å²) in [6, 6.07) is 7.65. The molecule has 0 saturated carbocycles. The topological polar surface area (TPSA) is 114 Å². The molecule has 0 spiro atoms. The number of ether oxygens (including phenoxy) is 2. The first-order valence-electron chi connectivity index (χ1n) is 14.0. The van der Waals surface area contributed by atoms with Gasteiger partial charge in [0.05, 0.1) is 29.6 Å². The molecule has 1 fully saturated rings. The Balaban J connectivity index is 1.30. The number of anilines is 1. The first-order valence-corrected chi connectivity index (χ1v) is 14.0. The normalized spacial score (nSPS) is 15.8. The predicted octanol–water partition coefficient (Wildman–Crippen LogP) is 5.17. The van der Waals surface area contributed by atoms with E-state index in [1.54, 1.807) is 35.0 Å². The maximum absolute atomic E-state index is 15.2. The molecule has 2 amide bonds. The number of nitrogens with zero attached hydrogens (tertiary/aromatic N) is 3. The molecule has 10 nitrogen and oxygen atoms in total. The quantitative estimate of drug-likeness (QED) is 0.264. The zero-order valence-corrected chi connectivity index (χ0v) is 24.1. The number of allylic oxidation sites excluding steroid dienone is 1. The van der Waals surface area contributed by atoms with Crippen molar-refractivity contribution < 1.29 is 23.5 Å². The number of aromatic amines is 1. The maximum atomic E-state index is 15.2. The van der Waals surface area contributed by atoms with Crippen LogP contribution in [0.5, 0.6) is 11.5 Å². The molecule has 218 valence electrons. The highest BCUT2D eigenvalue weighted by Crippen LogP contribution is 2.40. The van der Waals surface area contributed by atoms with Crippen LogP contribution in [0.4, 0.5) is 14.9 Å². The van der Waals surface area contributed by atoms with Crippen LogP contribution in [0.25, 0.3) is 28.2 Å². The number of aryl methyl sites for hydroxylation is 2. The first kappa shape index (κ1) is 27.5. The summed E-state index contributed by atoms with van der Waals surface area (Å²) >= 11 is 0. The minimum absolute atomic E-state index is 0.0850. The molecule has 6 rings (SSSR count). The molecule has 0 aliphatic carbocycles. The Morgan fingerprint density at radius 3 is 2.71 bits per heavy atom.